The highest BCUT2D eigenvalue weighted by Gasteiger charge is 2.47. The monoisotopic (exact) mass is 1300 g/mol. The van der Waals surface area contributed by atoms with E-state index in [4.69, 9.17) is 34.8 Å². The molecular formula is C54H28BCl3F24OS. The molecule has 0 amide bonds. The molecule has 7 rings (SSSR count). The molecule has 0 aliphatic heterocycles. The van der Waals surface area contributed by atoms with Gasteiger partial charge in [0.2, 0.25) is 3.79 Å². The smallest absolute Gasteiger partial charge is 0.194 e. The van der Waals surface area contributed by atoms with Crippen LogP contribution in [0.4, 0.5) is 105 Å². The Hall–Kier alpha value is -6.50. The molecule has 0 heterocycles. The first-order chi connectivity index (χ1) is 38.1. The van der Waals surface area contributed by atoms with Crippen LogP contribution in [-0.2, 0) is 73.1 Å². The fourth-order valence-corrected chi connectivity index (χ4v) is 10.9. The van der Waals surface area contributed by atoms with Gasteiger partial charge in [-0.25, -0.2) is 0 Å². The van der Waals surface area contributed by atoms with Crippen LogP contribution in [0.25, 0.3) is 0 Å². The lowest BCUT2D eigenvalue weighted by atomic mass is 9.12. The van der Waals surface area contributed by atoms with Crippen molar-refractivity contribution in [2.24, 2.45) is 0 Å². The van der Waals surface area contributed by atoms with E-state index < -0.39 is 208 Å². The molecule has 0 spiro atoms. The minimum atomic E-state index is -6.13. The van der Waals surface area contributed by atoms with Crippen molar-refractivity contribution in [3.8, 4) is 11.2 Å². The Morgan fingerprint density at radius 2 is 0.583 bits per heavy atom. The first-order valence-electron chi connectivity index (χ1n) is 22.8. The molecule has 1 nitrogen and oxygen atoms in total. The summed E-state index contributed by atoms with van der Waals surface area (Å²) in [5.41, 5.74) is -27.9. The molecule has 0 aliphatic rings. The van der Waals surface area contributed by atoms with Gasteiger partial charge in [-0.2, -0.15) is 127 Å². The standard InChI is InChI=1S/C32H12BF24.C22H16Cl3OS/c34-25(35,36)13-1-14(26(37,38)39)6-21(5-13)33(22-7-15(27(40,41)42)2-16(8-22)28(43,44)45,23-9-17(29(46,47)48)3-18(10-23)30(49,50)51)24-11-19(31(52,53)54)4-20(12-24)32(55,56)57;23-22(24,25)20-13-11-19(12-14-20)17-27(26,21-9-5-2-6-10-21)16-15-18-7-3-1-4-8-18/h1-12H;1-14H,17H2/q-1;+1. The van der Waals surface area contributed by atoms with Crippen LogP contribution in [-0.4, -0.2) is 6.15 Å². The number of hydrogen-bond donors (Lipinski definition) is 0. The third-order valence-electron chi connectivity index (χ3n) is 12.3. The molecule has 84 heavy (non-hydrogen) atoms. The number of hydrogen-bond acceptors (Lipinski definition) is 1. The highest BCUT2D eigenvalue weighted by Crippen LogP contribution is 2.43. The number of halogens is 27. The van der Waals surface area contributed by atoms with Crippen LogP contribution in [0.5, 0.6) is 0 Å². The van der Waals surface area contributed by atoms with Crippen LogP contribution in [0.2, 0.25) is 0 Å². The normalized spacial score (nSPS) is 14.0. The molecule has 448 valence electrons. The lowest BCUT2D eigenvalue weighted by molar-refractivity contribution is -0.144. The van der Waals surface area contributed by atoms with E-state index in [2.05, 4.69) is 11.2 Å². The van der Waals surface area contributed by atoms with Gasteiger partial charge in [0.1, 0.15) is 6.15 Å². The molecule has 0 N–H and O–H groups in total. The van der Waals surface area contributed by atoms with Gasteiger partial charge in [0.25, 0.3) is 0 Å². The van der Waals surface area contributed by atoms with E-state index in [0.29, 0.717) is 10.5 Å². The minimum Gasteiger partial charge on any atom is -0.194 e. The molecule has 7 aromatic rings. The molecule has 30 heteroatoms. The number of rotatable bonds is 7. The molecule has 0 saturated carbocycles. The molecule has 0 fully saturated rings. The highest BCUT2D eigenvalue weighted by molar-refractivity contribution is 8.06. The van der Waals surface area contributed by atoms with Crippen LogP contribution in [0.15, 0.2) is 163 Å². The van der Waals surface area contributed by atoms with Gasteiger partial charge < -0.3 is 0 Å². The molecule has 1 unspecified atom stereocenters. The van der Waals surface area contributed by atoms with Gasteiger partial charge in [-0.3, -0.25) is 0 Å². The quantitative estimate of drug-likeness (QED) is 0.0511. The summed E-state index contributed by atoms with van der Waals surface area (Å²) < 4.78 is 353. The molecular weight excluding hydrogens is 1270 g/mol. The van der Waals surface area contributed by atoms with Crippen molar-refractivity contribution in [3.05, 3.63) is 219 Å². The molecule has 0 bridgehead atoms. The first-order valence-corrected chi connectivity index (χ1v) is 25.7. The van der Waals surface area contributed by atoms with Crippen LogP contribution in [0.3, 0.4) is 0 Å². The van der Waals surface area contributed by atoms with Gasteiger partial charge in [-0.15, -0.1) is 0 Å². The maximum atomic E-state index is 14.2. The van der Waals surface area contributed by atoms with E-state index in [1.165, 1.54) is 0 Å². The number of alkyl halides is 27. The summed E-state index contributed by atoms with van der Waals surface area (Å²) in [6.07, 6.45) is -54.8. The summed E-state index contributed by atoms with van der Waals surface area (Å²) in [7, 11) is -2.63. The summed E-state index contributed by atoms with van der Waals surface area (Å²) in [6, 6.07) is 17.1. The lowest BCUT2D eigenvalue weighted by Gasteiger charge is -2.46. The Balaban J connectivity index is 0.000000347. The maximum Gasteiger partial charge on any atom is 0.416 e. The maximum absolute atomic E-state index is 14.2. The fraction of sp³-hybridized carbons (Fsp3) is 0.185. The Morgan fingerprint density at radius 3 is 0.821 bits per heavy atom. The van der Waals surface area contributed by atoms with Crippen LogP contribution < -0.4 is 21.9 Å². The summed E-state index contributed by atoms with van der Waals surface area (Å²) in [5.74, 6) is 3.34. The van der Waals surface area contributed by atoms with Gasteiger partial charge in [0, 0.05) is 16.7 Å². The molecule has 0 aliphatic carbocycles. The second-order valence-corrected chi connectivity index (χ2v) is 22.7. The van der Waals surface area contributed by atoms with Gasteiger partial charge in [-0.05, 0) is 54.5 Å². The van der Waals surface area contributed by atoms with Crippen molar-refractivity contribution in [1.82, 2.24) is 0 Å². The van der Waals surface area contributed by atoms with Gasteiger partial charge in [0.15, 0.2) is 25.8 Å². The van der Waals surface area contributed by atoms with Crippen molar-refractivity contribution in [2.45, 2.75) is 63.9 Å². The van der Waals surface area contributed by atoms with Crippen molar-refractivity contribution in [1.29, 1.82) is 0 Å². The minimum absolute atomic E-state index is 0.289. The Morgan fingerprint density at radius 1 is 0.333 bits per heavy atom. The zero-order chi connectivity index (χ0) is 63.2. The van der Waals surface area contributed by atoms with Crippen LogP contribution >= 0.6 is 34.8 Å². The van der Waals surface area contributed by atoms with E-state index in [1.807, 2.05) is 72.8 Å². The van der Waals surface area contributed by atoms with Gasteiger partial charge >= 0.3 is 49.4 Å². The Kier molecular flexibility index (Phi) is 18.6. The van der Waals surface area contributed by atoms with E-state index in [9.17, 15) is 110 Å². The second kappa shape index (κ2) is 23.4. The number of benzene rings is 7. The van der Waals surface area contributed by atoms with E-state index >= 15 is 0 Å². The second-order valence-electron chi connectivity index (χ2n) is 18.1. The third kappa shape index (κ3) is 15.9. The van der Waals surface area contributed by atoms with E-state index in [1.54, 1.807) is 12.1 Å². The summed E-state index contributed by atoms with van der Waals surface area (Å²) in [6.45, 7) is 0. The molecule has 0 radical (unpaired) electrons. The van der Waals surface area contributed by atoms with Gasteiger partial charge in [-0.1, -0.05) is 148 Å². The average Bonchev–Trinajstić information content (AvgIpc) is 3.01. The average molecular weight is 1300 g/mol. The lowest BCUT2D eigenvalue weighted by Crippen LogP contribution is -2.75. The largest absolute Gasteiger partial charge is 0.416 e. The van der Waals surface area contributed by atoms with Crippen LogP contribution in [0, 0.1) is 11.2 Å². The van der Waals surface area contributed by atoms with Crippen molar-refractivity contribution in [3.63, 3.8) is 0 Å². The zero-order valence-electron chi connectivity index (χ0n) is 40.8. The van der Waals surface area contributed by atoms with Gasteiger partial charge in [0.05, 0.1) is 44.5 Å². The van der Waals surface area contributed by atoms with E-state index in [-0.39, 0.29) is 5.75 Å². The Bertz CT molecular complexity index is 3170. The van der Waals surface area contributed by atoms with Crippen molar-refractivity contribution in [2.75, 3.05) is 0 Å². The topological polar surface area (TPSA) is 17.1 Å². The summed E-state index contributed by atoms with van der Waals surface area (Å²) >= 11 is 17.7. The highest BCUT2D eigenvalue weighted by atomic mass is 35.6. The third-order valence-corrected chi connectivity index (χ3v) is 15.2. The molecule has 1 atom stereocenters. The summed E-state index contributed by atoms with van der Waals surface area (Å²) in [4.78, 5) is 0.707. The summed E-state index contributed by atoms with van der Waals surface area (Å²) in [5, 5.41) is 3.02. The molecule has 0 aromatic heterocycles. The van der Waals surface area contributed by atoms with Crippen molar-refractivity contribution < 1.29 is 110 Å². The SMILES string of the molecule is FC(F)(F)c1cc([B-](c2cc(C(F)(F)F)cc(C(F)(F)F)c2)(c2cc(C(F)(F)F)cc(C(F)(F)F)c2)c2cc(C(F)(F)F)cc(C(F)(F)F)c2)cc(C(F)(F)F)c1.O=[S+](C#Cc1ccccc1)(Cc1ccc(C(Cl)(Cl)Cl)cc1)c1ccccc1. The zero-order valence-corrected chi connectivity index (χ0v) is 43.9. The molecule has 7 aromatic carbocycles. The van der Waals surface area contributed by atoms with Crippen LogP contribution in [0.1, 0.15) is 61.2 Å². The van der Waals surface area contributed by atoms with E-state index in [0.717, 1.165) is 11.1 Å². The van der Waals surface area contributed by atoms with Crippen molar-refractivity contribution >= 4 is 72.7 Å². The predicted molar refractivity (Wildman–Crippen MR) is 266 cm³/mol. The predicted octanol–water partition coefficient (Wildman–Crippen LogP) is 17.8. The fourth-order valence-electron chi connectivity index (χ4n) is 8.58. The first kappa shape index (κ1) is 66.6. The Labute approximate surface area is 474 Å². The molecule has 0 saturated heterocycles.